The summed E-state index contributed by atoms with van der Waals surface area (Å²) in [5, 5.41) is 21.0. The fourth-order valence-corrected chi connectivity index (χ4v) is 2.58. The van der Waals surface area contributed by atoms with Crippen molar-refractivity contribution in [2.24, 2.45) is 5.92 Å². The number of amides is 1. The predicted octanol–water partition coefficient (Wildman–Crippen LogP) is 2.70. The van der Waals surface area contributed by atoms with Crippen molar-refractivity contribution in [1.29, 1.82) is 0 Å². The molecule has 7 nitrogen and oxygen atoms in total. The second kappa shape index (κ2) is 9.96. The number of carbonyl (C=O) groups is 3. The molecular formula is C20H21NO6. The summed E-state index contributed by atoms with van der Waals surface area (Å²) in [4.78, 5) is 34.9. The Hall–Kier alpha value is -3.35. The first kappa shape index (κ1) is 20.0. The zero-order chi connectivity index (χ0) is 19.6. The largest absolute Gasteiger partial charge is 0.481 e. The maximum atomic E-state index is 11.9. The highest BCUT2D eigenvalue weighted by molar-refractivity contribution is 5.81. The number of carbonyl (C=O) groups excluding carboxylic acids is 1. The number of benzene rings is 2. The number of hydrogen-bond donors (Lipinski definition) is 3. The molecule has 0 aliphatic rings. The van der Waals surface area contributed by atoms with E-state index in [0.717, 1.165) is 11.1 Å². The molecule has 0 heterocycles. The van der Waals surface area contributed by atoms with E-state index >= 15 is 0 Å². The Morgan fingerprint density at radius 1 is 0.852 bits per heavy atom. The Kier molecular flexibility index (Phi) is 7.37. The van der Waals surface area contributed by atoms with Crippen molar-refractivity contribution in [2.75, 3.05) is 0 Å². The number of rotatable bonds is 9. The fourth-order valence-electron chi connectivity index (χ4n) is 2.58. The van der Waals surface area contributed by atoms with Crippen LogP contribution in [0, 0.1) is 5.92 Å². The first-order chi connectivity index (χ1) is 13.0. The van der Waals surface area contributed by atoms with Crippen LogP contribution in [-0.2, 0) is 27.4 Å². The topological polar surface area (TPSA) is 113 Å². The lowest BCUT2D eigenvalue weighted by Gasteiger charge is -2.19. The molecule has 0 radical (unpaired) electrons. The molecular weight excluding hydrogens is 350 g/mol. The normalized spacial score (nSPS) is 12.6. The van der Waals surface area contributed by atoms with Gasteiger partial charge in [-0.25, -0.2) is 9.59 Å². The monoisotopic (exact) mass is 371 g/mol. The van der Waals surface area contributed by atoms with E-state index in [-0.39, 0.29) is 19.4 Å². The van der Waals surface area contributed by atoms with Gasteiger partial charge in [-0.2, -0.15) is 0 Å². The van der Waals surface area contributed by atoms with E-state index in [4.69, 9.17) is 4.74 Å². The Bertz CT molecular complexity index is 763. The van der Waals surface area contributed by atoms with Gasteiger partial charge in [0, 0.05) is 0 Å². The van der Waals surface area contributed by atoms with Gasteiger partial charge in [0.15, 0.2) is 0 Å². The SMILES string of the molecule is O=C(N[C@H](CC(Cc1ccccc1)C(=O)O)C(=O)O)OCc1ccccc1. The van der Waals surface area contributed by atoms with Gasteiger partial charge < -0.3 is 20.3 Å². The molecule has 2 atom stereocenters. The molecule has 2 aromatic carbocycles. The van der Waals surface area contributed by atoms with Crippen molar-refractivity contribution in [3.05, 3.63) is 71.8 Å². The van der Waals surface area contributed by atoms with Gasteiger partial charge in [-0.3, -0.25) is 4.79 Å². The van der Waals surface area contributed by atoms with Crippen LogP contribution >= 0.6 is 0 Å². The maximum absolute atomic E-state index is 11.9. The molecule has 3 N–H and O–H groups in total. The minimum Gasteiger partial charge on any atom is -0.481 e. The molecule has 1 amide bonds. The van der Waals surface area contributed by atoms with Crippen LogP contribution in [0.1, 0.15) is 17.5 Å². The van der Waals surface area contributed by atoms with E-state index in [2.05, 4.69) is 5.32 Å². The quantitative estimate of drug-likeness (QED) is 0.625. The third-order valence-corrected chi connectivity index (χ3v) is 4.00. The van der Waals surface area contributed by atoms with E-state index in [9.17, 15) is 24.6 Å². The first-order valence-corrected chi connectivity index (χ1v) is 8.42. The molecule has 2 rings (SSSR count). The van der Waals surface area contributed by atoms with Gasteiger partial charge in [0.25, 0.3) is 0 Å². The maximum Gasteiger partial charge on any atom is 0.408 e. The van der Waals surface area contributed by atoms with Gasteiger partial charge in [-0.05, 0) is 24.0 Å². The van der Waals surface area contributed by atoms with Crippen molar-refractivity contribution in [3.63, 3.8) is 0 Å². The highest BCUT2D eigenvalue weighted by Crippen LogP contribution is 2.15. The molecule has 27 heavy (non-hydrogen) atoms. The van der Waals surface area contributed by atoms with Gasteiger partial charge in [0.05, 0.1) is 5.92 Å². The van der Waals surface area contributed by atoms with E-state index in [1.54, 1.807) is 48.5 Å². The summed E-state index contributed by atoms with van der Waals surface area (Å²) in [7, 11) is 0. The van der Waals surface area contributed by atoms with E-state index < -0.39 is 30.0 Å². The summed E-state index contributed by atoms with van der Waals surface area (Å²) in [5.41, 5.74) is 1.53. The second-order valence-electron chi connectivity index (χ2n) is 6.06. The molecule has 0 aromatic heterocycles. The van der Waals surface area contributed by atoms with Gasteiger partial charge in [0.1, 0.15) is 12.6 Å². The van der Waals surface area contributed by atoms with Crippen LogP contribution in [0.15, 0.2) is 60.7 Å². The summed E-state index contributed by atoms with van der Waals surface area (Å²) >= 11 is 0. The molecule has 0 aliphatic carbocycles. The minimum atomic E-state index is -1.36. The van der Waals surface area contributed by atoms with E-state index in [0.29, 0.717) is 0 Å². The predicted molar refractivity (Wildman–Crippen MR) is 97.1 cm³/mol. The Morgan fingerprint density at radius 3 is 1.93 bits per heavy atom. The molecule has 0 bridgehead atoms. The summed E-state index contributed by atoms with van der Waals surface area (Å²) in [6.07, 6.45) is -0.990. The molecule has 0 saturated heterocycles. The van der Waals surface area contributed by atoms with E-state index in [1.165, 1.54) is 0 Å². The van der Waals surface area contributed by atoms with Gasteiger partial charge in [-0.15, -0.1) is 0 Å². The number of nitrogens with one attached hydrogen (secondary N) is 1. The van der Waals surface area contributed by atoms with Crippen LogP contribution in [0.2, 0.25) is 0 Å². The lowest BCUT2D eigenvalue weighted by molar-refractivity contribution is -0.144. The lowest BCUT2D eigenvalue weighted by Crippen LogP contribution is -2.43. The number of carboxylic acid groups (broad SMARTS) is 2. The summed E-state index contributed by atoms with van der Waals surface area (Å²) in [6, 6.07) is 16.5. The summed E-state index contributed by atoms with van der Waals surface area (Å²) in [6.45, 7) is -0.00854. The van der Waals surface area contributed by atoms with Crippen molar-refractivity contribution in [3.8, 4) is 0 Å². The Balaban J connectivity index is 1.94. The number of ether oxygens (including phenoxy) is 1. The number of hydrogen-bond acceptors (Lipinski definition) is 4. The van der Waals surface area contributed by atoms with Crippen LogP contribution in [-0.4, -0.2) is 34.3 Å². The van der Waals surface area contributed by atoms with Crippen molar-refractivity contribution in [2.45, 2.75) is 25.5 Å². The number of aliphatic carboxylic acids is 2. The molecule has 0 fully saturated rings. The molecule has 0 aliphatic heterocycles. The van der Waals surface area contributed by atoms with Gasteiger partial charge in [-0.1, -0.05) is 60.7 Å². The summed E-state index contributed by atoms with van der Waals surface area (Å²) in [5.74, 6) is -3.39. The highest BCUT2D eigenvalue weighted by Gasteiger charge is 2.29. The highest BCUT2D eigenvalue weighted by atomic mass is 16.5. The smallest absolute Gasteiger partial charge is 0.408 e. The molecule has 1 unspecified atom stereocenters. The van der Waals surface area contributed by atoms with Crippen LogP contribution in [0.5, 0.6) is 0 Å². The molecule has 2 aromatic rings. The zero-order valence-electron chi connectivity index (χ0n) is 14.6. The van der Waals surface area contributed by atoms with E-state index in [1.807, 2.05) is 12.1 Å². The number of alkyl carbamates (subject to hydrolysis) is 1. The minimum absolute atomic E-state index is 0.00854. The first-order valence-electron chi connectivity index (χ1n) is 8.42. The fraction of sp³-hybridized carbons (Fsp3) is 0.250. The van der Waals surface area contributed by atoms with Crippen LogP contribution in [0.4, 0.5) is 4.79 Å². The molecule has 7 heteroatoms. The van der Waals surface area contributed by atoms with Crippen LogP contribution in [0.3, 0.4) is 0 Å². The van der Waals surface area contributed by atoms with Crippen molar-refractivity contribution in [1.82, 2.24) is 5.32 Å². The van der Waals surface area contributed by atoms with Crippen LogP contribution < -0.4 is 5.32 Å². The number of carboxylic acids is 2. The third kappa shape index (κ3) is 6.81. The van der Waals surface area contributed by atoms with Gasteiger partial charge in [0.2, 0.25) is 0 Å². The molecule has 142 valence electrons. The zero-order valence-corrected chi connectivity index (χ0v) is 14.6. The third-order valence-electron chi connectivity index (χ3n) is 4.00. The molecule has 0 spiro atoms. The van der Waals surface area contributed by atoms with Crippen molar-refractivity contribution >= 4 is 18.0 Å². The van der Waals surface area contributed by atoms with Crippen molar-refractivity contribution < 1.29 is 29.3 Å². The Labute approximate surface area is 156 Å². The average Bonchev–Trinajstić information content (AvgIpc) is 2.66. The lowest BCUT2D eigenvalue weighted by atomic mass is 9.93. The molecule has 0 saturated carbocycles. The summed E-state index contributed by atoms with van der Waals surface area (Å²) < 4.78 is 5.01. The van der Waals surface area contributed by atoms with Gasteiger partial charge >= 0.3 is 18.0 Å². The Morgan fingerprint density at radius 2 is 1.41 bits per heavy atom. The van der Waals surface area contributed by atoms with Crippen LogP contribution in [0.25, 0.3) is 0 Å². The average molecular weight is 371 g/mol. The second-order valence-corrected chi connectivity index (χ2v) is 6.06. The standard InChI is InChI=1S/C20H21NO6/c22-18(23)16(11-14-7-3-1-4-8-14)12-17(19(24)25)21-20(26)27-13-15-9-5-2-6-10-15/h1-10,16-17H,11-13H2,(H,21,26)(H,22,23)(H,24,25)/t16?,17-/m1/s1.